The molecule has 0 atom stereocenters. The summed E-state index contributed by atoms with van der Waals surface area (Å²) in [7, 11) is 1.51. The van der Waals surface area contributed by atoms with Crippen LogP contribution < -0.4 is 5.32 Å². The van der Waals surface area contributed by atoms with Crippen molar-refractivity contribution in [2.75, 3.05) is 5.32 Å². The number of hydrogen-bond acceptors (Lipinski definition) is 4. The number of aromatic carboxylic acids is 1. The molecule has 3 rings (SSSR count). The third-order valence-electron chi connectivity index (χ3n) is 3.78. The molecule has 0 fully saturated rings. The molecule has 0 aliphatic rings. The molecule has 1 heterocycles. The fourth-order valence-corrected chi connectivity index (χ4v) is 2.72. The number of halogens is 1. The summed E-state index contributed by atoms with van der Waals surface area (Å²) in [6, 6.07) is 13.0. The van der Waals surface area contributed by atoms with Crippen molar-refractivity contribution in [3.8, 4) is 0 Å². The topological polar surface area (TPSA) is 101 Å². The fraction of sp³-hybridized carbons (Fsp3) is 0.0526. The molecule has 3 aromatic rings. The number of nitrogens with zero attached hydrogens (tertiary/aromatic N) is 2. The van der Waals surface area contributed by atoms with Crippen LogP contribution in [-0.4, -0.2) is 32.5 Å². The van der Waals surface area contributed by atoms with E-state index in [1.165, 1.54) is 36.1 Å². The molecule has 0 spiro atoms. The number of anilines is 1. The van der Waals surface area contributed by atoms with E-state index in [1.54, 1.807) is 30.3 Å². The third-order valence-corrected chi connectivity index (χ3v) is 4.02. The zero-order valence-corrected chi connectivity index (χ0v) is 14.9. The predicted octanol–water partition coefficient (Wildman–Crippen LogP) is 3.26. The lowest BCUT2D eigenvalue weighted by Crippen LogP contribution is -2.18. The number of ketones is 1. The number of amides is 1. The van der Waals surface area contributed by atoms with Crippen molar-refractivity contribution in [3.05, 3.63) is 82.1 Å². The molecule has 8 heteroatoms. The number of rotatable bonds is 5. The molecule has 2 N–H and O–H groups in total. The van der Waals surface area contributed by atoms with Gasteiger partial charge < -0.3 is 10.4 Å². The van der Waals surface area contributed by atoms with Crippen molar-refractivity contribution >= 4 is 34.9 Å². The van der Waals surface area contributed by atoms with Crippen molar-refractivity contribution < 1.29 is 19.5 Å². The number of carbonyl (C=O) groups is 3. The van der Waals surface area contributed by atoms with Gasteiger partial charge in [-0.25, -0.2) is 4.79 Å². The summed E-state index contributed by atoms with van der Waals surface area (Å²) in [5, 5.41) is 16.0. The standard InChI is InChI=1S/C19H14ClN3O4/c1-23-10-14(19(26)27)16(22-23)18(25)21-15-8-7-12(20)9-13(15)17(24)11-5-3-2-4-6-11/h2-10H,1H3,(H,21,25)(H,26,27). The Kier molecular flexibility index (Phi) is 5.05. The van der Waals surface area contributed by atoms with Crippen molar-refractivity contribution in [1.29, 1.82) is 0 Å². The molecule has 1 aromatic heterocycles. The first-order chi connectivity index (χ1) is 12.9. The average molecular weight is 384 g/mol. The Labute approximate surface area is 159 Å². The van der Waals surface area contributed by atoms with Crippen LogP contribution in [-0.2, 0) is 7.05 Å². The summed E-state index contributed by atoms with van der Waals surface area (Å²) in [6.07, 6.45) is 1.23. The van der Waals surface area contributed by atoms with Crippen LogP contribution in [0.15, 0.2) is 54.7 Å². The fourth-order valence-electron chi connectivity index (χ4n) is 2.55. The minimum absolute atomic E-state index is 0.190. The molecular formula is C19H14ClN3O4. The number of aryl methyl sites for hydroxylation is 1. The normalized spacial score (nSPS) is 10.4. The smallest absolute Gasteiger partial charge is 0.339 e. The SMILES string of the molecule is Cn1cc(C(=O)O)c(C(=O)Nc2ccc(Cl)cc2C(=O)c2ccccc2)n1. The van der Waals surface area contributed by atoms with Crippen LogP contribution in [0.25, 0.3) is 0 Å². The van der Waals surface area contributed by atoms with Crippen LogP contribution in [0.1, 0.15) is 36.8 Å². The first-order valence-corrected chi connectivity index (χ1v) is 8.22. The first kappa shape index (κ1) is 18.3. The quantitative estimate of drug-likeness (QED) is 0.658. The van der Waals surface area contributed by atoms with E-state index >= 15 is 0 Å². The summed E-state index contributed by atoms with van der Waals surface area (Å²) in [6.45, 7) is 0. The van der Waals surface area contributed by atoms with E-state index in [-0.39, 0.29) is 28.3 Å². The van der Waals surface area contributed by atoms with Gasteiger partial charge in [-0.2, -0.15) is 5.10 Å². The van der Waals surface area contributed by atoms with Crippen molar-refractivity contribution in [3.63, 3.8) is 0 Å². The molecule has 0 bridgehead atoms. The van der Waals surface area contributed by atoms with Crippen molar-refractivity contribution in [2.24, 2.45) is 7.05 Å². The maximum atomic E-state index is 12.8. The highest BCUT2D eigenvalue weighted by Gasteiger charge is 2.23. The van der Waals surface area contributed by atoms with Gasteiger partial charge in [-0.1, -0.05) is 41.9 Å². The largest absolute Gasteiger partial charge is 0.478 e. The van der Waals surface area contributed by atoms with E-state index in [2.05, 4.69) is 10.4 Å². The van der Waals surface area contributed by atoms with E-state index in [4.69, 9.17) is 11.6 Å². The summed E-state index contributed by atoms with van der Waals surface area (Å²) in [5.74, 6) is -2.34. The Morgan fingerprint density at radius 3 is 2.44 bits per heavy atom. The zero-order chi connectivity index (χ0) is 19.6. The molecule has 0 saturated heterocycles. The van der Waals surface area contributed by atoms with Gasteiger partial charge in [0.15, 0.2) is 11.5 Å². The average Bonchev–Trinajstić information content (AvgIpc) is 3.05. The zero-order valence-electron chi connectivity index (χ0n) is 14.1. The van der Waals surface area contributed by atoms with Gasteiger partial charge in [0.2, 0.25) is 0 Å². The van der Waals surface area contributed by atoms with Gasteiger partial charge in [-0.3, -0.25) is 14.3 Å². The van der Waals surface area contributed by atoms with Gasteiger partial charge in [0.05, 0.1) is 5.69 Å². The van der Waals surface area contributed by atoms with Crippen LogP contribution in [0.5, 0.6) is 0 Å². The summed E-state index contributed by atoms with van der Waals surface area (Å²) in [4.78, 5) is 36.6. The van der Waals surface area contributed by atoms with Crippen LogP contribution in [0, 0.1) is 0 Å². The minimum atomic E-state index is -1.27. The highest BCUT2D eigenvalue weighted by molar-refractivity contribution is 6.31. The molecule has 0 aliphatic heterocycles. The molecule has 0 unspecified atom stereocenters. The van der Waals surface area contributed by atoms with Crippen LogP contribution in [0.4, 0.5) is 5.69 Å². The van der Waals surface area contributed by atoms with Crippen molar-refractivity contribution in [1.82, 2.24) is 9.78 Å². The highest BCUT2D eigenvalue weighted by atomic mass is 35.5. The molecular weight excluding hydrogens is 370 g/mol. The van der Waals surface area contributed by atoms with Crippen LogP contribution >= 0.6 is 11.6 Å². The summed E-state index contributed by atoms with van der Waals surface area (Å²) >= 11 is 6.01. The predicted molar refractivity (Wildman–Crippen MR) is 99.4 cm³/mol. The Bertz CT molecular complexity index is 1040. The highest BCUT2D eigenvalue weighted by Crippen LogP contribution is 2.24. The lowest BCUT2D eigenvalue weighted by atomic mass is 10.0. The van der Waals surface area contributed by atoms with E-state index in [9.17, 15) is 19.5 Å². The lowest BCUT2D eigenvalue weighted by molar-refractivity contribution is 0.0692. The maximum absolute atomic E-state index is 12.8. The minimum Gasteiger partial charge on any atom is -0.478 e. The van der Waals surface area contributed by atoms with E-state index in [0.29, 0.717) is 10.6 Å². The Morgan fingerprint density at radius 2 is 1.78 bits per heavy atom. The molecule has 136 valence electrons. The molecule has 1 amide bonds. The Balaban J connectivity index is 1.98. The number of hydrogen-bond donors (Lipinski definition) is 2. The molecule has 27 heavy (non-hydrogen) atoms. The molecule has 7 nitrogen and oxygen atoms in total. The molecule has 0 saturated carbocycles. The summed E-state index contributed by atoms with van der Waals surface area (Å²) < 4.78 is 1.23. The second-order valence-electron chi connectivity index (χ2n) is 5.71. The van der Waals surface area contributed by atoms with E-state index < -0.39 is 11.9 Å². The van der Waals surface area contributed by atoms with Crippen molar-refractivity contribution in [2.45, 2.75) is 0 Å². The number of carboxylic acid groups (broad SMARTS) is 1. The van der Waals surface area contributed by atoms with Gasteiger partial charge in [0, 0.05) is 29.4 Å². The second-order valence-corrected chi connectivity index (χ2v) is 6.15. The van der Waals surface area contributed by atoms with Gasteiger partial charge in [0.25, 0.3) is 5.91 Å². The molecule has 2 aromatic carbocycles. The van der Waals surface area contributed by atoms with Gasteiger partial charge in [-0.05, 0) is 18.2 Å². The Hall–Kier alpha value is -3.45. The van der Waals surface area contributed by atoms with E-state index in [1.807, 2.05) is 0 Å². The summed E-state index contributed by atoms with van der Waals surface area (Å²) in [5.41, 5.74) is 0.340. The molecule has 0 aliphatic carbocycles. The number of carboxylic acids is 1. The van der Waals surface area contributed by atoms with Crippen LogP contribution in [0.3, 0.4) is 0 Å². The number of nitrogens with one attached hydrogen (secondary N) is 1. The lowest BCUT2D eigenvalue weighted by Gasteiger charge is -2.11. The number of benzene rings is 2. The van der Waals surface area contributed by atoms with Gasteiger partial charge in [0.1, 0.15) is 5.56 Å². The monoisotopic (exact) mass is 383 g/mol. The maximum Gasteiger partial charge on any atom is 0.339 e. The third kappa shape index (κ3) is 3.88. The second kappa shape index (κ2) is 7.43. The first-order valence-electron chi connectivity index (χ1n) is 7.84. The Morgan fingerprint density at radius 1 is 1.07 bits per heavy atom. The van der Waals surface area contributed by atoms with Gasteiger partial charge >= 0.3 is 5.97 Å². The van der Waals surface area contributed by atoms with Gasteiger partial charge in [-0.15, -0.1) is 0 Å². The van der Waals surface area contributed by atoms with E-state index in [0.717, 1.165) is 0 Å². The molecule has 0 radical (unpaired) electrons. The number of carbonyl (C=O) groups excluding carboxylic acids is 2. The van der Waals surface area contributed by atoms with Crippen LogP contribution in [0.2, 0.25) is 5.02 Å². The number of aromatic nitrogens is 2.